The number of halogens is 2. The molecule has 0 amide bonds. The maximum atomic E-state index is 14.7. The maximum Gasteiger partial charge on any atom is 0.309 e. The van der Waals surface area contributed by atoms with Gasteiger partial charge >= 0.3 is 5.97 Å². The van der Waals surface area contributed by atoms with E-state index in [4.69, 9.17) is 9.47 Å². The van der Waals surface area contributed by atoms with Crippen molar-refractivity contribution in [2.45, 2.75) is 96.0 Å². The number of hydrogen-bond donors (Lipinski definition) is 0. The van der Waals surface area contributed by atoms with Crippen molar-refractivity contribution in [3.05, 3.63) is 77.1 Å². The van der Waals surface area contributed by atoms with Crippen molar-refractivity contribution in [1.82, 2.24) is 0 Å². The molecule has 2 saturated carbocycles. The van der Waals surface area contributed by atoms with Crippen LogP contribution in [0.1, 0.15) is 100 Å². The van der Waals surface area contributed by atoms with Gasteiger partial charge in [-0.15, -0.1) is 0 Å². The first kappa shape index (κ1) is 26.4. The van der Waals surface area contributed by atoms with E-state index in [-0.39, 0.29) is 29.7 Å². The molecule has 0 bridgehead atoms. The summed E-state index contributed by atoms with van der Waals surface area (Å²) < 4.78 is 40.0. The van der Waals surface area contributed by atoms with Crippen LogP contribution in [0.4, 0.5) is 8.78 Å². The summed E-state index contributed by atoms with van der Waals surface area (Å²) >= 11 is 0. The van der Waals surface area contributed by atoms with Crippen LogP contribution in [0.15, 0.2) is 48.7 Å². The van der Waals surface area contributed by atoms with Gasteiger partial charge in [-0.2, -0.15) is 4.39 Å². The fraction of sp³-hybridized carbons (Fsp3) is 0.516. The molecule has 2 aliphatic carbocycles. The monoisotopic (exact) mass is 496 g/mol. The van der Waals surface area contributed by atoms with Gasteiger partial charge in [0.15, 0.2) is 11.6 Å². The second kappa shape index (κ2) is 12.5. The van der Waals surface area contributed by atoms with Gasteiger partial charge in [0.2, 0.25) is 5.82 Å². The first-order valence-electron chi connectivity index (χ1n) is 13.5. The predicted octanol–water partition coefficient (Wildman–Crippen LogP) is 8.37. The SMILES string of the molecule is C/C=C/Oc1ccc(C2CCC(OC(=O)C3CCC(c4ccc(CCC)cc4)CC3)CC2)c(F)c1F. The van der Waals surface area contributed by atoms with E-state index in [0.717, 1.165) is 38.5 Å². The van der Waals surface area contributed by atoms with E-state index in [0.29, 0.717) is 37.2 Å². The summed E-state index contributed by atoms with van der Waals surface area (Å²) in [5.74, 6) is -1.58. The van der Waals surface area contributed by atoms with E-state index in [9.17, 15) is 13.6 Å². The van der Waals surface area contributed by atoms with Crippen molar-refractivity contribution in [1.29, 1.82) is 0 Å². The van der Waals surface area contributed by atoms with Gasteiger partial charge in [-0.1, -0.05) is 49.8 Å². The van der Waals surface area contributed by atoms with E-state index < -0.39 is 11.6 Å². The fourth-order valence-corrected chi connectivity index (χ4v) is 5.75. The molecule has 0 heterocycles. The summed E-state index contributed by atoms with van der Waals surface area (Å²) in [5, 5.41) is 0. The molecule has 0 aliphatic heterocycles. The highest BCUT2D eigenvalue weighted by molar-refractivity contribution is 5.72. The zero-order valence-corrected chi connectivity index (χ0v) is 21.5. The Morgan fingerprint density at radius 1 is 0.889 bits per heavy atom. The minimum Gasteiger partial charge on any atom is -0.462 e. The van der Waals surface area contributed by atoms with Crippen molar-refractivity contribution in [3.8, 4) is 5.75 Å². The zero-order chi connectivity index (χ0) is 25.5. The van der Waals surface area contributed by atoms with E-state index >= 15 is 0 Å². The van der Waals surface area contributed by atoms with E-state index in [1.54, 1.807) is 19.1 Å². The Morgan fingerprint density at radius 2 is 1.56 bits per heavy atom. The molecule has 0 spiro atoms. The largest absolute Gasteiger partial charge is 0.462 e. The van der Waals surface area contributed by atoms with Crippen LogP contribution in [0.5, 0.6) is 5.75 Å². The Morgan fingerprint density at radius 3 is 2.19 bits per heavy atom. The normalized spacial score (nSPS) is 24.6. The van der Waals surface area contributed by atoms with Crippen LogP contribution < -0.4 is 4.74 Å². The highest BCUT2D eigenvalue weighted by Gasteiger charge is 2.32. The predicted molar refractivity (Wildman–Crippen MR) is 138 cm³/mol. The van der Waals surface area contributed by atoms with Gasteiger partial charge < -0.3 is 9.47 Å². The maximum absolute atomic E-state index is 14.7. The van der Waals surface area contributed by atoms with E-state index in [2.05, 4.69) is 31.2 Å². The highest BCUT2D eigenvalue weighted by Crippen LogP contribution is 2.39. The Kier molecular flexibility index (Phi) is 9.17. The lowest BCUT2D eigenvalue weighted by Gasteiger charge is -2.32. The topological polar surface area (TPSA) is 35.5 Å². The van der Waals surface area contributed by atoms with Gasteiger partial charge in [0.1, 0.15) is 6.10 Å². The van der Waals surface area contributed by atoms with Gasteiger partial charge in [0, 0.05) is 0 Å². The summed E-state index contributed by atoms with van der Waals surface area (Å²) in [6, 6.07) is 12.1. The van der Waals surface area contributed by atoms with Gasteiger partial charge in [-0.05, 0) is 99.3 Å². The lowest BCUT2D eigenvalue weighted by atomic mass is 9.78. The van der Waals surface area contributed by atoms with Crippen LogP contribution >= 0.6 is 0 Å². The summed E-state index contributed by atoms with van der Waals surface area (Å²) in [6.07, 6.45) is 11.5. The van der Waals surface area contributed by atoms with Crippen LogP contribution in [0, 0.1) is 17.6 Å². The van der Waals surface area contributed by atoms with Crippen molar-refractivity contribution < 1.29 is 23.0 Å². The molecule has 2 aliphatic rings. The fourth-order valence-electron chi connectivity index (χ4n) is 5.75. The van der Waals surface area contributed by atoms with E-state index in [1.165, 1.54) is 23.5 Å². The highest BCUT2D eigenvalue weighted by atomic mass is 19.2. The quantitative estimate of drug-likeness (QED) is 0.272. The number of hydrogen-bond acceptors (Lipinski definition) is 3. The number of carbonyl (C=O) groups is 1. The molecule has 4 rings (SSSR count). The first-order valence-corrected chi connectivity index (χ1v) is 13.5. The van der Waals surface area contributed by atoms with Crippen LogP contribution in [0.3, 0.4) is 0 Å². The Balaban J connectivity index is 1.24. The second-order valence-corrected chi connectivity index (χ2v) is 10.3. The van der Waals surface area contributed by atoms with Crippen LogP contribution in [-0.2, 0) is 16.0 Å². The summed E-state index contributed by atoms with van der Waals surface area (Å²) in [4.78, 5) is 12.8. The van der Waals surface area contributed by atoms with Gasteiger partial charge in [0.25, 0.3) is 0 Å². The molecule has 36 heavy (non-hydrogen) atoms. The molecule has 0 aromatic heterocycles. The minimum atomic E-state index is -0.952. The molecule has 0 unspecified atom stereocenters. The molecule has 0 N–H and O–H groups in total. The lowest BCUT2D eigenvalue weighted by molar-refractivity contribution is -0.157. The number of ether oxygens (including phenoxy) is 2. The van der Waals surface area contributed by atoms with Crippen LogP contribution in [0.2, 0.25) is 0 Å². The number of benzene rings is 2. The van der Waals surface area contributed by atoms with Gasteiger partial charge in [0.05, 0.1) is 12.2 Å². The van der Waals surface area contributed by atoms with Gasteiger partial charge in [-0.25, -0.2) is 4.39 Å². The molecule has 2 aromatic carbocycles. The molecular weight excluding hydrogens is 458 g/mol. The Hall–Kier alpha value is -2.69. The smallest absolute Gasteiger partial charge is 0.309 e. The molecule has 0 atom stereocenters. The first-order chi connectivity index (χ1) is 17.5. The molecule has 3 nitrogen and oxygen atoms in total. The molecule has 0 radical (unpaired) electrons. The Bertz CT molecular complexity index is 1030. The lowest BCUT2D eigenvalue weighted by Crippen LogP contribution is -2.29. The summed E-state index contributed by atoms with van der Waals surface area (Å²) in [7, 11) is 0. The molecule has 2 aromatic rings. The second-order valence-electron chi connectivity index (χ2n) is 10.3. The van der Waals surface area contributed by atoms with E-state index in [1.807, 2.05) is 0 Å². The van der Waals surface area contributed by atoms with Gasteiger partial charge in [-0.3, -0.25) is 4.79 Å². The Labute approximate surface area is 213 Å². The summed E-state index contributed by atoms with van der Waals surface area (Å²) in [5.41, 5.74) is 3.15. The molecule has 194 valence electrons. The molecule has 0 saturated heterocycles. The number of aryl methyl sites for hydroxylation is 1. The molecule has 2 fully saturated rings. The number of carbonyl (C=O) groups excluding carboxylic acids is 1. The van der Waals surface area contributed by atoms with Crippen LogP contribution in [0.25, 0.3) is 0 Å². The standard InChI is InChI=1S/C31H38F2O3/c1-3-5-21-6-8-22(9-7-21)23-10-12-25(13-11-23)31(34)36-26-16-14-24(15-17-26)27-18-19-28(35-20-4-2)30(33)29(27)32/h4,6-9,18-20,23-26H,3,5,10-17H2,1-2H3/b20-4+. The van der Waals surface area contributed by atoms with Crippen molar-refractivity contribution in [2.24, 2.45) is 5.92 Å². The molecular formula is C31H38F2O3. The average Bonchev–Trinajstić information content (AvgIpc) is 2.91. The number of esters is 1. The zero-order valence-electron chi connectivity index (χ0n) is 21.5. The minimum absolute atomic E-state index is 0.0328. The number of rotatable bonds is 8. The average molecular weight is 497 g/mol. The van der Waals surface area contributed by atoms with Crippen molar-refractivity contribution in [2.75, 3.05) is 0 Å². The number of allylic oxidation sites excluding steroid dienone is 1. The van der Waals surface area contributed by atoms with Crippen molar-refractivity contribution >= 4 is 5.97 Å². The van der Waals surface area contributed by atoms with Crippen LogP contribution in [-0.4, -0.2) is 12.1 Å². The van der Waals surface area contributed by atoms with Crippen molar-refractivity contribution in [3.63, 3.8) is 0 Å². The molecule has 5 heteroatoms. The third-order valence-electron chi connectivity index (χ3n) is 7.86. The third kappa shape index (κ3) is 6.35. The summed E-state index contributed by atoms with van der Waals surface area (Å²) in [6.45, 7) is 3.94. The third-order valence-corrected chi connectivity index (χ3v) is 7.86.